The van der Waals surface area contributed by atoms with Crippen LogP contribution < -0.4 is 9.47 Å². The van der Waals surface area contributed by atoms with Crippen molar-refractivity contribution in [3.8, 4) is 11.5 Å². The molecule has 3 atom stereocenters. The summed E-state index contributed by atoms with van der Waals surface area (Å²) in [6.07, 6.45) is 5.03. The van der Waals surface area contributed by atoms with Crippen molar-refractivity contribution in [3.63, 3.8) is 0 Å². The zero-order valence-corrected chi connectivity index (χ0v) is 16.9. The third kappa shape index (κ3) is 2.64. The minimum absolute atomic E-state index is 0.251. The number of thioether (sulfide) groups is 1. The first-order valence-electron chi connectivity index (χ1n) is 9.25. The summed E-state index contributed by atoms with van der Waals surface area (Å²) in [6, 6.07) is 4.49. The van der Waals surface area contributed by atoms with Gasteiger partial charge in [-0.2, -0.15) is 11.8 Å². The smallest absolute Gasteiger partial charge is 0.161 e. The van der Waals surface area contributed by atoms with E-state index < -0.39 is 0 Å². The molecular formula is C21H32O2S. The predicted octanol–water partition coefficient (Wildman–Crippen LogP) is 5.47. The Morgan fingerprint density at radius 1 is 1.08 bits per heavy atom. The Balaban J connectivity index is 2.05. The summed E-state index contributed by atoms with van der Waals surface area (Å²) in [5.74, 6) is 3.70. The van der Waals surface area contributed by atoms with Gasteiger partial charge in [-0.25, -0.2) is 0 Å². The standard InChI is InChI=1S/C21H32O2S/c1-7-24-19-10-11-21(4)15-13-17(23-6)16(22-5)12-14(15)8-9-18(21)20(19,2)3/h12-13,18-19H,7-11H2,1-6H3/t18-,19-,21+/m0/s1. The lowest BCUT2D eigenvalue weighted by molar-refractivity contribution is 0.0470. The maximum absolute atomic E-state index is 5.61. The van der Waals surface area contributed by atoms with Crippen molar-refractivity contribution >= 4 is 11.8 Å². The lowest BCUT2D eigenvalue weighted by atomic mass is 9.50. The highest BCUT2D eigenvalue weighted by Crippen LogP contribution is 2.60. The molecule has 2 nitrogen and oxygen atoms in total. The van der Waals surface area contributed by atoms with Crippen LogP contribution in [0.3, 0.4) is 0 Å². The number of hydrogen-bond acceptors (Lipinski definition) is 3. The molecule has 0 bridgehead atoms. The Hall–Kier alpha value is -0.830. The van der Waals surface area contributed by atoms with Crippen LogP contribution in [0.15, 0.2) is 12.1 Å². The summed E-state index contributed by atoms with van der Waals surface area (Å²) in [7, 11) is 3.47. The van der Waals surface area contributed by atoms with Gasteiger partial charge in [0.1, 0.15) is 0 Å². The van der Waals surface area contributed by atoms with Gasteiger partial charge in [0.25, 0.3) is 0 Å². The molecule has 24 heavy (non-hydrogen) atoms. The summed E-state index contributed by atoms with van der Waals surface area (Å²) < 4.78 is 11.1. The lowest BCUT2D eigenvalue weighted by Gasteiger charge is -2.57. The van der Waals surface area contributed by atoms with Crippen molar-refractivity contribution in [3.05, 3.63) is 23.3 Å². The van der Waals surface area contributed by atoms with Gasteiger partial charge in [-0.3, -0.25) is 0 Å². The molecule has 0 heterocycles. The number of rotatable bonds is 4. The van der Waals surface area contributed by atoms with Crippen molar-refractivity contribution in [1.29, 1.82) is 0 Å². The van der Waals surface area contributed by atoms with Crippen LogP contribution >= 0.6 is 11.8 Å². The topological polar surface area (TPSA) is 18.5 Å². The minimum atomic E-state index is 0.251. The second-order valence-corrected chi connectivity index (χ2v) is 9.66. The van der Waals surface area contributed by atoms with E-state index in [4.69, 9.17) is 9.47 Å². The number of ether oxygens (including phenoxy) is 2. The maximum Gasteiger partial charge on any atom is 0.161 e. The van der Waals surface area contributed by atoms with E-state index in [1.54, 1.807) is 14.2 Å². The molecule has 1 fully saturated rings. The monoisotopic (exact) mass is 348 g/mol. The third-order valence-corrected chi connectivity index (χ3v) is 8.30. The first-order valence-corrected chi connectivity index (χ1v) is 10.3. The SMILES string of the molecule is CCS[C@H]1CC[C@]2(C)c3cc(OC)c(OC)cc3CC[C@H]2C1(C)C. The number of methoxy groups -OCH3 is 2. The molecule has 0 aliphatic heterocycles. The highest BCUT2D eigenvalue weighted by atomic mass is 32.2. The van der Waals surface area contributed by atoms with Crippen LogP contribution in [0.25, 0.3) is 0 Å². The molecule has 0 saturated heterocycles. The summed E-state index contributed by atoms with van der Waals surface area (Å²) >= 11 is 2.16. The normalized spacial score (nSPS) is 31.1. The molecule has 0 amide bonds. The zero-order valence-electron chi connectivity index (χ0n) is 16.1. The van der Waals surface area contributed by atoms with Crippen LogP contribution in [0.5, 0.6) is 11.5 Å². The highest BCUT2D eigenvalue weighted by Gasteiger charge is 2.53. The zero-order chi connectivity index (χ0) is 17.5. The van der Waals surface area contributed by atoms with Crippen LogP contribution in [-0.2, 0) is 11.8 Å². The van der Waals surface area contributed by atoms with Gasteiger partial charge in [-0.1, -0.05) is 27.7 Å². The fourth-order valence-corrected chi connectivity index (χ4v) is 6.78. The molecule has 2 aliphatic carbocycles. The van der Waals surface area contributed by atoms with Crippen molar-refractivity contribution in [2.75, 3.05) is 20.0 Å². The van der Waals surface area contributed by atoms with Gasteiger partial charge < -0.3 is 9.47 Å². The molecule has 1 aromatic rings. The average Bonchev–Trinajstić information content (AvgIpc) is 2.56. The highest BCUT2D eigenvalue weighted by molar-refractivity contribution is 7.99. The van der Waals surface area contributed by atoms with Crippen LogP contribution in [0.1, 0.15) is 58.1 Å². The molecule has 0 unspecified atom stereocenters. The number of fused-ring (bicyclic) bond motifs is 3. The molecule has 0 N–H and O–H groups in total. The van der Waals surface area contributed by atoms with E-state index in [2.05, 4.69) is 51.6 Å². The Kier molecular flexibility index (Phi) is 4.85. The molecule has 0 aromatic heterocycles. The quantitative estimate of drug-likeness (QED) is 0.719. The van der Waals surface area contributed by atoms with Gasteiger partial charge in [0, 0.05) is 5.25 Å². The van der Waals surface area contributed by atoms with E-state index in [0.29, 0.717) is 5.41 Å². The molecule has 1 saturated carbocycles. The molecule has 1 aromatic carbocycles. The van der Waals surface area contributed by atoms with E-state index in [-0.39, 0.29) is 5.41 Å². The molecule has 134 valence electrons. The van der Waals surface area contributed by atoms with Crippen molar-refractivity contribution in [1.82, 2.24) is 0 Å². The minimum Gasteiger partial charge on any atom is -0.493 e. The summed E-state index contributed by atoms with van der Waals surface area (Å²) in [4.78, 5) is 0. The Labute approximate surface area is 151 Å². The van der Waals surface area contributed by atoms with Gasteiger partial charge in [0.2, 0.25) is 0 Å². The Morgan fingerprint density at radius 2 is 1.75 bits per heavy atom. The number of aryl methyl sites for hydroxylation is 1. The molecule has 2 aliphatic rings. The van der Waals surface area contributed by atoms with Gasteiger partial charge in [-0.05, 0) is 71.4 Å². The number of hydrogen-bond donors (Lipinski definition) is 0. The molecule has 0 radical (unpaired) electrons. The molecular weight excluding hydrogens is 316 g/mol. The van der Waals surface area contributed by atoms with E-state index in [1.807, 2.05) is 0 Å². The lowest BCUT2D eigenvalue weighted by Crippen LogP contribution is -2.53. The van der Waals surface area contributed by atoms with E-state index in [0.717, 1.165) is 29.1 Å². The second kappa shape index (κ2) is 6.48. The van der Waals surface area contributed by atoms with Crippen LogP contribution in [0.4, 0.5) is 0 Å². The van der Waals surface area contributed by atoms with Crippen molar-refractivity contribution in [2.45, 2.75) is 64.0 Å². The van der Waals surface area contributed by atoms with Gasteiger partial charge in [0.05, 0.1) is 14.2 Å². The Bertz CT molecular complexity index is 610. The third-order valence-electron chi connectivity index (χ3n) is 6.72. The maximum atomic E-state index is 5.61. The first-order chi connectivity index (χ1) is 11.4. The average molecular weight is 349 g/mol. The summed E-state index contributed by atoms with van der Waals surface area (Å²) in [5, 5.41) is 0.780. The largest absolute Gasteiger partial charge is 0.493 e. The number of benzene rings is 1. The first kappa shape index (κ1) is 18.0. The van der Waals surface area contributed by atoms with Crippen LogP contribution in [0, 0.1) is 11.3 Å². The molecule has 3 rings (SSSR count). The van der Waals surface area contributed by atoms with Gasteiger partial charge in [-0.15, -0.1) is 0 Å². The van der Waals surface area contributed by atoms with Gasteiger partial charge >= 0.3 is 0 Å². The fourth-order valence-electron chi connectivity index (χ4n) is 5.49. The van der Waals surface area contributed by atoms with E-state index in [9.17, 15) is 0 Å². The van der Waals surface area contributed by atoms with Crippen molar-refractivity contribution < 1.29 is 9.47 Å². The van der Waals surface area contributed by atoms with Gasteiger partial charge in [0.15, 0.2) is 11.5 Å². The summed E-state index contributed by atoms with van der Waals surface area (Å²) in [5.41, 5.74) is 3.59. The molecule has 0 spiro atoms. The van der Waals surface area contributed by atoms with Crippen molar-refractivity contribution in [2.24, 2.45) is 11.3 Å². The van der Waals surface area contributed by atoms with E-state index in [1.165, 1.54) is 36.1 Å². The Morgan fingerprint density at radius 3 is 2.38 bits per heavy atom. The van der Waals surface area contributed by atoms with Crippen LogP contribution in [0.2, 0.25) is 0 Å². The van der Waals surface area contributed by atoms with E-state index >= 15 is 0 Å². The summed E-state index contributed by atoms with van der Waals surface area (Å²) in [6.45, 7) is 9.81. The van der Waals surface area contributed by atoms with Crippen LogP contribution in [-0.4, -0.2) is 25.2 Å². The second-order valence-electron chi connectivity index (χ2n) is 8.18. The fraction of sp³-hybridized carbons (Fsp3) is 0.714. The predicted molar refractivity (Wildman–Crippen MR) is 104 cm³/mol. The molecule has 3 heteroatoms.